The molecule has 1 fully saturated rings. The molecule has 0 saturated carbocycles. The summed E-state index contributed by atoms with van der Waals surface area (Å²) in [5, 5.41) is 10.7. The van der Waals surface area contributed by atoms with Crippen LogP contribution in [0.15, 0.2) is 6.33 Å². The number of nitrogens with one attached hydrogen (secondary N) is 1. The van der Waals surface area contributed by atoms with Gasteiger partial charge in [0.05, 0.1) is 25.3 Å². The molecule has 1 N–H and O–H groups in total. The summed E-state index contributed by atoms with van der Waals surface area (Å²) >= 11 is 0. The fourth-order valence-electron chi connectivity index (χ4n) is 2.12. The predicted molar refractivity (Wildman–Crippen MR) is 69.5 cm³/mol. The van der Waals surface area contributed by atoms with E-state index in [1.54, 1.807) is 11.2 Å². The summed E-state index contributed by atoms with van der Waals surface area (Å²) in [7, 11) is 0. The lowest BCUT2D eigenvalue weighted by molar-refractivity contribution is -0.0318. The Labute approximate surface area is 112 Å². The maximum absolute atomic E-state index is 12.2. The van der Waals surface area contributed by atoms with Crippen molar-refractivity contribution in [2.75, 3.05) is 13.2 Å². The highest BCUT2D eigenvalue weighted by Crippen LogP contribution is 2.11. The molecule has 0 spiro atoms. The average molecular weight is 267 g/mol. The second-order valence-electron chi connectivity index (χ2n) is 4.84. The van der Waals surface area contributed by atoms with Gasteiger partial charge in [0.1, 0.15) is 6.33 Å². The molecule has 7 nitrogen and oxygen atoms in total. The second-order valence-corrected chi connectivity index (χ2v) is 4.84. The van der Waals surface area contributed by atoms with Crippen molar-refractivity contribution < 1.29 is 9.53 Å². The number of hydrogen-bond acceptors (Lipinski definition) is 4. The lowest BCUT2D eigenvalue weighted by Gasteiger charge is -2.36. The summed E-state index contributed by atoms with van der Waals surface area (Å²) in [6.45, 7) is 8.36. The molecule has 2 atom stereocenters. The molecule has 2 rings (SSSR count). The van der Waals surface area contributed by atoms with Crippen LogP contribution in [-0.2, 0) is 17.8 Å². The van der Waals surface area contributed by atoms with E-state index in [9.17, 15) is 4.79 Å². The standard InChI is InChI=1S/C12H21N5O2/c1-4-16-8-14-15-11(16)5-13-12(18)17-6-10(3)19-7-9(17)2/h8-10H,4-7H2,1-3H3,(H,13,18)/t9-,10-/m0/s1. The molecular weight excluding hydrogens is 246 g/mol. The number of nitrogens with zero attached hydrogens (tertiary/aromatic N) is 4. The zero-order valence-corrected chi connectivity index (χ0v) is 11.7. The first-order valence-corrected chi connectivity index (χ1v) is 6.64. The molecule has 19 heavy (non-hydrogen) atoms. The van der Waals surface area contributed by atoms with Gasteiger partial charge < -0.3 is 19.5 Å². The van der Waals surface area contributed by atoms with Crippen LogP contribution in [0.3, 0.4) is 0 Å². The maximum Gasteiger partial charge on any atom is 0.318 e. The van der Waals surface area contributed by atoms with Crippen molar-refractivity contribution in [3.05, 3.63) is 12.2 Å². The lowest BCUT2D eigenvalue weighted by atomic mass is 10.2. The monoisotopic (exact) mass is 267 g/mol. The molecule has 0 aliphatic carbocycles. The number of carbonyl (C=O) groups is 1. The van der Waals surface area contributed by atoms with Gasteiger partial charge in [-0.15, -0.1) is 10.2 Å². The first kappa shape index (κ1) is 13.8. The normalized spacial score (nSPS) is 23.4. The molecule has 2 amide bonds. The Bertz CT molecular complexity index is 434. The van der Waals surface area contributed by atoms with Crippen molar-refractivity contribution in [2.24, 2.45) is 0 Å². The van der Waals surface area contributed by atoms with Crippen molar-refractivity contribution in [1.82, 2.24) is 25.0 Å². The highest BCUT2D eigenvalue weighted by atomic mass is 16.5. The highest BCUT2D eigenvalue weighted by molar-refractivity contribution is 5.74. The molecule has 0 radical (unpaired) electrons. The number of amides is 2. The third-order valence-corrected chi connectivity index (χ3v) is 3.30. The molecule has 2 heterocycles. The SMILES string of the molecule is CCn1cnnc1CNC(=O)N1C[C@H](C)OC[C@@H]1C. The highest BCUT2D eigenvalue weighted by Gasteiger charge is 2.27. The van der Waals surface area contributed by atoms with E-state index in [1.165, 1.54) is 0 Å². The van der Waals surface area contributed by atoms with Crippen LogP contribution in [0, 0.1) is 0 Å². The fraction of sp³-hybridized carbons (Fsp3) is 0.750. The summed E-state index contributed by atoms with van der Waals surface area (Å²) in [4.78, 5) is 14.0. The van der Waals surface area contributed by atoms with Crippen molar-refractivity contribution in [3.63, 3.8) is 0 Å². The molecule has 1 aliphatic heterocycles. The Balaban J connectivity index is 1.90. The van der Waals surface area contributed by atoms with Gasteiger partial charge in [-0.3, -0.25) is 0 Å². The smallest absolute Gasteiger partial charge is 0.318 e. The molecule has 0 unspecified atom stereocenters. The first-order valence-electron chi connectivity index (χ1n) is 6.64. The Morgan fingerprint density at radius 3 is 3.11 bits per heavy atom. The molecular formula is C12H21N5O2. The summed E-state index contributed by atoms with van der Waals surface area (Å²) in [5.41, 5.74) is 0. The van der Waals surface area contributed by atoms with Gasteiger partial charge in [0.2, 0.25) is 0 Å². The molecule has 1 aliphatic rings. The summed E-state index contributed by atoms with van der Waals surface area (Å²) in [5.74, 6) is 0.768. The van der Waals surface area contributed by atoms with Crippen LogP contribution in [0.5, 0.6) is 0 Å². The van der Waals surface area contributed by atoms with Crippen LogP contribution >= 0.6 is 0 Å². The minimum absolute atomic E-state index is 0.0756. The van der Waals surface area contributed by atoms with Gasteiger partial charge in [-0.05, 0) is 20.8 Å². The summed E-state index contributed by atoms with van der Waals surface area (Å²) < 4.78 is 7.42. The zero-order chi connectivity index (χ0) is 13.8. The van der Waals surface area contributed by atoms with Crippen LogP contribution in [0.1, 0.15) is 26.6 Å². The van der Waals surface area contributed by atoms with Crippen LogP contribution in [0.2, 0.25) is 0 Å². The summed E-state index contributed by atoms with van der Waals surface area (Å²) in [6.07, 6.45) is 1.75. The summed E-state index contributed by atoms with van der Waals surface area (Å²) in [6, 6.07) is 0.0218. The number of morpholine rings is 1. The number of hydrogen-bond donors (Lipinski definition) is 1. The number of urea groups is 1. The van der Waals surface area contributed by atoms with E-state index >= 15 is 0 Å². The van der Waals surface area contributed by atoms with E-state index in [4.69, 9.17) is 4.74 Å². The Kier molecular flexibility index (Phi) is 4.36. The lowest BCUT2D eigenvalue weighted by Crippen LogP contribution is -2.53. The largest absolute Gasteiger partial charge is 0.375 e. The van der Waals surface area contributed by atoms with Gasteiger partial charge >= 0.3 is 6.03 Å². The van der Waals surface area contributed by atoms with Gasteiger partial charge in [0.25, 0.3) is 0 Å². The number of ether oxygens (including phenoxy) is 1. The van der Waals surface area contributed by atoms with Gasteiger partial charge in [-0.2, -0.15) is 0 Å². The Morgan fingerprint density at radius 1 is 1.58 bits per heavy atom. The average Bonchev–Trinajstić information content (AvgIpc) is 2.86. The van der Waals surface area contributed by atoms with E-state index < -0.39 is 0 Å². The zero-order valence-electron chi connectivity index (χ0n) is 11.7. The Morgan fingerprint density at radius 2 is 2.37 bits per heavy atom. The minimum Gasteiger partial charge on any atom is -0.375 e. The van der Waals surface area contributed by atoms with Gasteiger partial charge in [0, 0.05) is 13.1 Å². The predicted octanol–water partition coefficient (Wildman–Crippen LogP) is 0.617. The third-order valence-electron chi connectivity index (χ3n) is 3.30. The van der Waals surface area contributed by atoms with Crippen molar-refractivity contribution in [3.8, 4) is 0 Å². The van der Waals surface area contributed by atoms with Gasteiger partial charge in [-0.25, -0.2) is 4.79 Å². The molecule has 106 valence electrons. The van der Waals surface area contributed by atoms with Crippen LogP contribution in [0.25, 0.3) is 0 Å². The Hall–Kier alpha value is -1.63. The maximum atomic E-state index is 12.2. The molecule has 7 heteroatoms. The second kappa shape index (κ2) is 6.01. The fourth-order valence-corrected chi connectivity index (χ4v) is 2.12. The molecule has 0 bridgehead atoms. The minimum atomic E-state index is -0.0756. The van der Waals surface area contributed by atoms with Crippen molar-refractivity contribution in [1.29, 1.82) is 0 Å². The number of rotatable bonds is 3. The van der Waals surface area contributed by atoms with Crippen LogP contribution < -0.4 is 5.32 Å². The number of aryl methyl sites for hydroxylation is 1. The van der Waals surface area contributed by atoms with E-state index in [0.717, 1.165) is 12.4 Å². The van der Waals surface area contributed by atoms with Gasteiger partial charge in [0.15, 0.2) is 5.82 Å². The first-order chi connectivity index (χ1) is 9.11. The molecule has 1 aromatic rings. The number of aromatic nitrogens is 3. The van der Waals surface area contributed by atoms with Crippen molar-refractivity contribution in [2.45, 2.75) is 46.0 Å². The van der Waals surface area contributed by atoms with Crippen LogP contribution in [0.4, 0.5) is 4.79 Å². The van der Waals surface area contributed by atoms with E-state index in [-0.39, 0.29) is 18.2 Å². The van der Waals surface area contributed by atoms with E-state index in [0.29, 0.717) is 19.7 Å². The number of carbonyl (C=O) groups excluding carboxylic acids is 1. The van der Waals surface area contributed by atoms with E-state index in [2.05, 4.69) is 15.5 Å². The van der Waals surface area contributed by atoms with Crippen LogP contribution in [-0.4, -0.2) is 51.0 Å². The molecule has 0 aromatic carbocycles. The van der Waals surface area contributed by atoms with Gasteiger partial charge in [-0.1, -0.05) is 0 Å². The quantitative estimate of drug-likeness (QED) is 0.871. The molecule has 1 saturated heterocycles. The van der Waals surface area contributed by atoms with E-state index in [1.807, 2.05) is 25.3 Å². The topological polar surface area (TPSA) is 72.3 Å². The van der Waals surface area contributed by atoms with Crippen molar-refractivity contribution >= 4 is 6.03 Å². The third kappa shape index (κ3) is 3.23. The molecule has 1 aromatic heterocycles.